The number of fused-ring (bicyclic) bond motifs is 2. The lowest BCUT2D eigenvalue weighted by atomic mass is 10.0. The number of nitrogens with zero attached hydrogens (tertiary/aromatic N) is 1. The molecule has 0 aromatic heterocycles. The molecular formula is C16H17ClN2O2S. The molecule has 2 aliphatic heterocycles. The maximum absolute atomic E-state index is 13.1. The highest BCUT2D eigenvalue weighted by Crippen LogP contribution is 2.35. The summed E-state index contributed by atoms with van der Waals surface area (Å²) in [6.07, 6.45) is 0. The second-order valence-corrected chi connectivity index (χ2v) is 8.41. The Bertz CT molecular complexity index is 825. The molecule has 0 unspecified atom stereocenters. The first-order valence-electron chi connectivity index (χ1n) is 7.45. The van der Waals surface area contributed by atoms with E-state index in [0.29, 0.717) is 40.2 Å². The summed E-state index contributed by atoms with van der Waals surface area (Å²) < 4.78 is 27.7. The fourth-order valence-electron chi connectivity index (χ4n) is 3.61. The number of nitrogens with one attached hydrogen (secondary N) is 1. The zero-order valence-corrected chi connectivity index (χ0v) is 13.6. The van der Waals surface area contributed by atoms with Gasteiger partial charge in [0, 0.05) is 28.9 Å². The van der Waals surface area contributed by atoms with Crippen molar-refractivity contribution in [1.29, 1.82) is 0 Å². The second-order valence-electron chi connectivity index (χ2n) is 6.09. The fraction of sp³-hybridized carbons (Fsp3) is 0.375. The minimum absolute atomic E-state index is 0.362. The fourth-order valence-corrected chi connectivity index (χ4v) is 5.58. The number of sulfonamides is 1. The van der Waals surface area contributed by atoms with Crippen molar-refractivity contribution in [2.75, 3.05) is 26.2 Å². The van der Waals surface area contributed by atoms with E-state index in [1.807, 2.05) is 24.3 Å². The van der Waals surface area contributed by atoms with Crippen molar-refractivity contribution in [2.24, 2.45) is 11.8 Å². The third-order valence-electron chi connectivity index (χ3n) is 4.80. The van der Waals surface area contributed by atoms with Crippen LogP contribution in [0.4, 0.5) is 0 Å². The van der Waals surface area contributed by atoms with Gasteiger partial charge in [-0.15, -0.1) is 0 Å². The van der Waals surface area contributed by atoms with Gasteiger partial charge in [-0.25, -0.2) is 8.42 Å². The van der Waals surface area contributed by atoms with Gasteiger partial charge in [-0.1, -0.05) is 35.9 Å². The Morgan fingerprint density at radius 1 is 1.00 bits per heavy atom. The molecule has 2 aromatic rings. The number of hydrogen-bond acceptors (Lipinski definition) is 3. The van der Waals surface area contributed by atoms with E-state index >= 15 is 0 Å². The molecule has 0 spiro atoms. The quantitative estimate of drug-likeness (QED) is 0.915. The number of hydrogen-bond donors (Lipinski definition) is 1. The second kappa shape index (κ2) is 5.20. The van der Waals surface area contributed by atoms with E-state index in [0.717, 1.165) is 18.5 Å². The summed E-state index contributed by atoms with van der Waals surface area (Å²) >= 11 is 6.20. The molecule has 1 N–H and O–H groups in total. The maximum Gasteiger partial charge on any atom is 0.243 e. The van der Waals surface area contributed by atoms with Crippen LogP contribution in [0.5, 0.6) is 0 Å². The molecule has 4 nitrogen and oxygen atoms in total. The summed E-state index contributed by atoms with van der Waals surface area (Å²) in [6.45, 7) is 3.05. The highest BCUT2D eigenvalue weighted by molar-refractivity contribution is 7.89. The van der Waals surface area contributed by atoms with Gasteiger partial charge in [-0.3, -0.25) is 0 Å². The summed E-state index contributed by atoms with van der Waals surface area (Å²) in [5.74, 6) is 0.877. The molecule has 2 fully saturated rings. The van der Waals surface area contributed by atoms with Crippen molar-refractivity contribution >= 4 is 32.4 Å². The minimum atomic E-state index is -3.48. The summed E-state index contributed by atoms with van der Waals surface area (Å²) in [5, 5.41) is 5.40. The molecule has 0 amide bonds. The Morgan fingerprint density at radius 2 is 1.64 bits per heavy atom. The molecule has 0 radical (unpaired) electrons. The molecule has 2 heterocycles. The topological polar surface area (TPSA) is 49.4 Å². The summed E-state index contributed by atoms with van der Waals surface area (Å²) in [4.78, 5) is 0.362. The maximum atomic E-state index is 13.1. The van der Waals surface area contributed by atoms with Crippen molar-refractivity contribution in [2.45, 2.75) is 4.90 Å². The van der Waals surface area contributed by atoms with Crippen LogP contribution in [0.1, 0.15) is 0 Å². The standard InChI is InChI=1S/C16H17ClN2O2S/c17-15-5-6-16(14-4-2-1-3-13(14)15)22(20,21)19-9-11-7-18-8-12(11)10-19/h1-6,11-12,18H,7-10H2/t11-,12+. The lowest BCUT2D eigenvalue weighted by Gasteiger charge is -2.19. The lowest BCUT2D eigenvalue weighted by Crippen LogP contribution is -2.32. The predicted molar refractivity (Wildman–Crippen MR) is 87.6 cm³/mol. The molecule has 2 aliphatic rings. The Balaban J connectivity index is 1.80. The Kier molecular flexibility index (Phi) is 3.42. The monoisotopic (exact) mass is 336 g/mol. The van der Waals surface area contributed by atoms with Gasteiger partial charge in [0.25, 0.3) is 0 Å². The van der Waals surface area contributed by atoms with Crippen molar-refractivity contribution in [3.8, 4) is 0 Å². The van der Waals surface area contributed by atoms with Crippen molar-refractivity contribution in [1.82, 2.24) is 9.62 Å². The van der Waals surface area contributed by atoms with Crippen LogP contribution in [0.15, 0.2) is 41.3 Å². The number of halogens is 1. The summed E-state index contributed by atoms with van der Waals surface area (Å²) in [7, 11) is -3.48. The third kappa shape index (κ3) is 2.15. The van der Waals surface area contributed by atoms with Crippen LogP contribution in [-0.4, -0.2) is 38.9 Å². The van der Waals surface area contributed by atoms with Crippen LogP contribution in [0.25, 0.3) is 10.8 Å². The average Bonchev–Trinajstić information content (AvgIpc) is 3.09. The third-order valence-corrected chi connectivity index (χ3v) is 7.02. The van der Waals surface area contributed by atoms with Crippen LogP contribution >= 0.6 is 11.6 Å². The Hall–Kier alpha value is -1.14. The summed E-state index contributed by atoms with van der Waals surface area (Å²) in [5.41, 5.74) is 0. The number of rotatable bonds is 2. The smallest absolute Gasteiger partial charge is 0.243 e. The van der Waals surface area contributed by atoms with Gasteiger partial charge in [0.2, 0.25) is 10.0 Å². The largest absolute Gasteiger partial charge is 0.316 e. The highest BCUT2D eigenvalue weighted by Gasteiger charge is 2.41. The van der Waals surface area contributed by atoms with Gasteiger partial charge in [0.15, 0.2) is 0 Å². The first-order chi connectivity index (χ1) is 10.6. The molecule has 2 aromatic carbocycles. The minimum Gasteiger partial charge on any atom is -0.316 e. The average molecular weight is 337 g/mol. The van der Waals surface area contributed by atoms with Crippen LogP contribution in [0.2, 0.25) is 5.02 Å². The van der Waals surface area contributed by atoms with E-state index in [2.05, 4.69) is 5.32 Å². The first-order valence-corrected chi connectivity index (χ1v) is 9.27. The zero-order chi connectivity index (χ0) is 15.3. The van der Waals surface area contributed by atoms with E-state index in [4.69, 9.17) is 11.6 Å². The molecule has 4 rings (SSSR count). The van der Waals surface area contributed by atoms with Gasteiger partial charge in [0.1, 0.15) is 0 Å². The van der Waals surface area contributed by atoms with Crippen molar-refractivity contribution in [3.05, 3.63) is 41.4 Å². The van der Waals surface area contributed by atoms with Gasteiger partial charge in [-0.05, 0) is 37.1 Å². The van der Waals surface area contributed by atoms with Gasteiger partial charge < -0.3 is 5.32 Å². The number of benzene rings is 2. The van der Waals surface area contributed by atoms with Gasteiger partial charge in [-0.2, -0.15) is 4.31 Å². The molecule has 22 heavy (non-hydrogen) atoms. The van der Waals surface area contributed by atoms with Gasteiger partial charge in [0.05, 0.1) is 4.90 Å². The lowest BCUT2D eigenvalue weighted by molar-refractivity contribution is 0.448. The van der Waals surface area contributed by atoms with E-state index in [-0.39, 0.29) is 0 Å². The van der Waals surface area contributed by atoms with Gasteiger partial charge >= 0.3 is 0 Å². The van der Waals surface area contributed by atoms with Crippen LogP contribution in [0, 0.1) is 11.8 Å². The molecule has 2 atom stereocenters. The van der Waals surface area contributed by atoms with Crippen LogP contribution < -0.4 is 5.32 Å². The molecule has 2 saturated heterocycles. The molecule has 116 valence electrons. The molecule has 6 heteroatoms. The normalized spacial score (nSPS) is 25.7. The SMILES string of the molecule is O=S(=O)(c1ccc(Cl)c2ccccc12)N1C[C@H]2CNC[C@H]2C1. The van der Waals surface area contributed by atoms with Crippen molar-refractivity contribution < 1.29 is 8.42 Å². The Morgan fingerprint density at radius 3 is 2.32 bits per heavy atom. The highest BCUT2D eigenvalue weighted by atomic mass is 35.5. The summed E-state index contributed by atoms with van der Waals surface area (Å²) in [6, 6.07) is 10.7. The Labute approximate surface area is 135 Å². The van der Waals surface area contributed by atoms with Crippen molar-refractivity contribution in [3.63, 3.8) is 0 Å². The molecule has 0 saturated carbocycles. The van der Waals surface area contributed by atoms with Crippen LogP contribution in [0.3, 0.4) is 0 Å². The molecule has 0 aliphatic carbocycles. The van der Waals surface area contributed by atoms with E-state index < -0.39 is 10.0 Å². The van der Waals surface area contributed by atoms with E-state index in [1.54, 1.807) is 16.4 Å². The van der Waals surface area contributed by atoms with E-state index in [1.165, 1.54) is 0 Å². The molecule has 0 bridgehead atoms. The van der Waals surface area contributed by atoms with Crippen LogP contribution in [-0.2, 0) is 10.0 Å². The van der Waals surface area contributed by atoms with E-state index in [9.17, 15) is 8.42 Å². The first kappa shape index (κ1) is 14.5. The predicted octanol–water partition coefficient (Wildman–Crippen LogP) is 2.33. The zero-order valence-electron chi connectivity index (χ0n) is 12.0. The molecular weight excluding hydrogens is 320 g/mol.